The Morgan fingerprint density at radius 3 is 1.52 bits per heavy atom. The lowest BCUT2D eigenvalue weighted by Gasteiger charge is -2.13. The van der Waals surface area contributed by atoms with Gasteiger partial charge in [-0.2, -0.15) is 0 Å². The number of hydrogen-bond acceptors (Lipinski definition) is 5. The van der Waals surface area contributed by atoms with Gasteiger partial charge in [0.2, 0.25) is 0 Å². The Labute approximate surface area is 248 Å². The molecule has 1 heterocycles. The zero-order valence-electron chi connectivity index (χ0n) is 25.0. The second-order valence-corrected chi connectivity index (χ2v) is 10.4. The number of methoxy groups -OCH3 is 2. The first-order valence-electron chi connectivity index (χ1n) is 13.9. The molecule has 0 unspecified atom stereocenters. The number of aryl methyl sites for hydroxylation is 4. The third-order valence-corrected chi connectivity index (χ3v) is 7.14. The van der Waals surface area contributed by atoms with Gasteiger partial charge in [0.25, 0.3) is 0 Å². The van der Waals surface area contributed by atoms with Crippen LogP contribution in [0.4, 0.5) is 11.4 Å². The van der Waals surface area contributed by atoms with Crippen molar-refractivity contribution in [2.45, 2.75) is 27.7 Å². The molecular formula is C37H35N3O2. The quantitative estimate of drug-likeness (QED) is 0.181. The lowest BCUT2D eigenvalue weighted by molar-refractivity contribution is 0.414. The topological polar surface area (TPSA) is 56.1 Å². The van der Waals surface area contributed by atoms with Gasteiger partial charge in [-0.3, -0.25) is 0 Å². The van der Waals surface area contributed by atoms with Gasteiger partial charge < -0.3 is 9.47 Å². The van der Waals surface area contributed by atoms with Gasteiger partial charge in [0.05, 0.1) is 48.4 Å². The van der Waals surface area contributed by atoms with Crippen LogP contribution in [-0.4, -0.2) is 30.6 Å². The maximum atomic E-state index is 5.42. The SMILES string of the molecule is COc1ccc(C(=Nc2ccc(OC)cc2C)c2cccc(C(=Nc3ccc(C)cc3C)c3ccc(C)cc3)n2)cc1. The molecule has 0 aliphatic rings. The predicted molar refractivity (Wildman–Crippen MR) is 173 cm³/mol. The molecule has 1 aromatic heterocycles. The number of aliphatic imine (C=N–C) groups is 2. The molecule has 0 aliphatic heterocycles. The van der Waals surface area contributed by atoms with E-state index in [-0.39, 0.29) is 0 Å². The van der Waals surface area contributed by atoms with Crippen LogP contribution in [0, 0.1) is 27.7 Å². The first kappa shape index (κ1) is 28.5. The molecule has 42 heavy (non-hydrogen) atoms. The van der Waals surface area contributed by atoms with Crippen molar-refractivity contribution < 1.29 is 9.47 Å². The van der Waals surface area contributed by atoms with Gasteiger partial charge in [0, 0.05) is 11.1 Å². The predicted octanol–water partition coefficient (Wildman–Crippen LogP) is 8.67. The van der Waals surface area contributed by atoms with Crippen LogP contribution in [-0.2, 0) is 0 Å². The minimum Gasteiger partial charge on any atom is -0.497 e. The molecule has 0 bridgehead atoms. The normalized spacial score (nSPS) is 11.9. The van der Waals surface area contributed by atoms with Crippen LogP contribution < -0.4 is 9.47 Å². The third-order valence-electron chi connectivity index (χ3n) is 7.14. The standard InChI is InChI=1S/C37H35N3O2/c1-24-10-13-28(14-11-24)36(39-32-20-12-25(2)22-26(32)3)34-8-7-9-35(38-34)37(29-15-17-30(41-5)18-16-29)40-33-21-19-31(42-6)23-27(33)4/h7-23H,1-6H3. The maximum Gasteiger partial charge on any atom is 0.119 e. The first-order valence-corrected chi connectivity index (χ1v) is 13.9. The second-order valence-electron chi connectivity index (χ2n) is 10.4. The molecule has 5 aromatic rings. The van der Waals surface area contributed by atoms with E-state index < -0.39 is 0 Å². The fourth-order valence-electron chi connectivity index (χ4n) is 4.75. The van der Waals surface area contributed by atoms with E-state index in [0.29, 0.717) is 0 Å². The van der Waals surface area contributed by atoms with Crippen molar-refractivity contribution in [3.63, 3.8) is 0 Å². The molecule has 0 N–H and O–H groups in total. The summed E-state index contributed by atoms with van der Waals surface area (Å²) >= 11 is 0. The Morgan fingerprint density at radius 2 is 1.00 bits per heavy atom. The number of aromatic nitrogens is 1. The van der Waals surface area contributed by atoms with Crippen LogP contribution in [0.3, 0.4) is 0 Å². The lowest BCUT2D eigenvalue weighted by Crippen LogP contribution is -2.12. The summed E-state index contributed by atoms with van der Waals surface area (Å²) in [6, 6.07) is 34.5. The van der Waals surface area contributed by atoms with Gasteiger partial charge in [-0.1, -0.05) is 53.6 Å². The van der Waals surface area contributed by atoms with Crippen molar-refractivity contribution in [2.24, 2.45) is 9.98 Å². The van der Waals surface area contributed by atoms with E-state index in [4.69, 9.17) is 24.4 Å². The lowest BCUT2D eigenvalue weighted by atomic mass is 10.0. The van der Waals surface area contributed by atoms with Gasteiger partial charge in [0.1, 0.15) is 11.5 Å². The number of pyridine rings is 1. The van der Waals surface area contributed by atoms with Crippen molar-refractivity contribution in [1.82, 2.24) is 4.98 Å². The molecule has 4 aromatic carbocycles. The Kier molecular flexibility index (Phi) is 8.58. The minimum absolute atomic E-state index is 0.744. The summed E-state index contributed by atoms with van der Waals surface area (Å²) in [6.45, 7) is 8.30. The van der Waals surface area contributed by atoms with Crippen LogP contribution in [0.5, 0.6) is 11.5 Å². The Hall–Kier alpha value is -5.03. The summed E-state index contributed by atoms with van der Waals surface area (Å²) in [4.78, 5) is 15.5. The average Bonchev–Trinajstić information content (AvgIpc) is 3.01. The van der Waals surface area contributed by atoms with Crippen LogP contribution >= 0.6 is 0 Å². The maximum absolute atomic E-state index is 5.42. The van der Waals surface area contributed by atoms with Gasteiger partial charge in [0.15, 0.2) is 0 Å². The summed E-state index contributed by atoms with van der Waals surface area (Å²) in [5.41, 5.74) is 11.3. The van der Waals surface area contributed by atoms with Gasteiger partial charge >= 0.3 is 0 Å². The fourth-order valence-corrected chi connectivity index (χ4v) is 4.75. The molecule has 0 spiro atoms. The van der Waals surface area contributed by atoms with Crippen molar-refractivity contribution in [1.29, 1.82) is 0 Å². The van der Waals surface area contributed by atoms with Crippen molar-refractivity contribution in [3.8, 4) is 11.5 Å². The van der Waals surface area contributed by atoms with Gasteiger partial charge in [-0.15, -0.1) is 0 Å². The average molecular weight is 554 g/mol. The highest BCUT2D eigenvalue weighted by molar-refractivity contribution is 6.16. The van der Waals surface area contributed by atoms with E-state index in [1.165, 1.54) is 11.1 Å². The number of benzene rings is 4. The van der Waals surface area contributed by atoms with Crippen molar-refractivity contribution in [2.75, 3.05) is 14.2 Å². The van der Waals surface area contributed by atoms with E-state index in [2.05, 4.69) is 63.2 Å². The smallest absolute Gasteiger partial charge is 0.119 e. The summed E-state index contributed by atoms with van der Waals surface area (Å²) in [6.07, 6.45) is 0. The Balaban J connectivity index is 1.69. The van der Waals surface area contributed by atoms with Gasteiger partial charge in [-0.25, -0.2) is 15.0 Å². The van der Waals surface area contributed by atoms with Crippen molar-refractivity contribution in [3.05, 3.63) is 148 Å². The highest BCUT2D eigenvalue weighted by Crippen LogP contribution is 2.27. The number of ether oxygens (including phenoxy) is 2. The van der Waals surface area contributed by atoms with E-state index in [0.717, 1.165) is 67.9 Å². The molecular weight excluding hydrogens is 518 g/mol. The highest BCUT2D eigenvalue weighted by Gasteiger charge is 2.16. The summed E-state index contributed by atoms with van der Waals surface area (Å²) in [5.74, 6) is 1.57. The summed E-state index contributed by atoms with van der Waals surface area (Å²) in [5, 5.41) is 0. The zero-order valence-corrected chi connectivity index (χ0v) is 25.0. The number of rotatable bonds is 8. The van der Waals surface area contributed by atoms with E-state index in [1.807, 2.05) is 67.6 Å². The molecule has 0 atom stereocenters. The van der Waals surface area contributed by atoms with Crippen molar-refractivity contribution >= 4 is 22.8 Å². The minimum atomic E-state index is 0.744. The molecule has 0 radical (unpaired) electrons. The molecule has 0 aliphatic carbocycles. The van der Waals surface area contributed by atoms with Crippen LogP contribution in [0.25, 0.3) is 0 Å². The molecule has 0 saturated heterocycles. The van der Waals surface area contributed by atoms with Crippen LogP contribution in [0.15, 0.2) is 113 Å². The molecule has 5 heteroatoms. The molecule has 0 amide bonds. The van der Waals surface area contributed by atoms with E-state index in [9.17, 15) is 0 Å². The highest BCUT2D eigenvalue weighted by atomic mass is 16.5. The molecule has 210 valence electrons. The monoisotopic (exact) mass is 553 g/mol. The molecule has 0 fully saturated rings. The molecule has 0 saturated carbocycles. The zero-order chi connectivity index (χ0) is 29.6. The largest absolute Gasteiger partial charge is 0.497 e. The van der Waals surface area contributed by atoms with Crippen LogP contribution in [0.1, 0.15) is 44.8 Å². The molecule has 5 nitrogen and oxygen atoms in total. The number of nitrogens with zero attached hydrogens (tertiary/aromatic N) is 3. The summed E-state index contributed by atoms with van der Waals surface area (Å²) in [7, 11) is 3.33. The van der Waals surface area contributed by atoms with Gasteiger partial charge in [-0.05, 0) is 99.5 Å². The molecule has 5 rings (SSSR count). The Bertz CT molecular complexity index is 1770. The van der Waals surface area contributed by atoms with E-state index in [1.54, 1.807) is 14.2 Å². The first-order chi connectivity index (χ1) is 20.3. The fraction of sp³-hybridized carbons (Fsp3) is 0.162. The Morgan fingerprint density at radius 1 is 0.524 bits per heavy atom. The number of hydrogen-bond donors (Lipinski definition) is 0. The van der Waals surface area contributed by atoms with Crippen LogP contribution in [0.2, 0.25) is 0 Å². The third kappa shape index (κ3) is 6.47. The second kappa shape index (κ2) is 12.6. The van der Waals surface area contributed by atoms with E-state index >= 15 is 0 Å². The summed E-state index contributed by atoms with van der Waals surface area (Å²) < 4.78 is 10.8.